The first kappa shape index (κ1) is 24.1. The van der Waals surface area contributed by atoms with E-state index in [0.29, 0.717) is 36.3 Å². The van der Waals surface area contributed by atoms with Gasteiger partial charge in [-0.15, -0.1) is 0 Å². The molecule has 1 saturated heterocycles. The van der Waals surface area contributed by atoms with Gasteiger partial charge in [-0.2, -0.15) is 5.26 Å². The molecule has 0 spiro atoms. The predicted molar refractivity (Wildman–Crippen MR) is 91.0 cm³/mol. The zero-order chi connectivity index (χ0) is 18.4. The van der Waals surface area contributed by atoms with Gasteiger partial charge >= 0.3 is 29.6 Å². The summed E-state index contributed by atoms with van der Waals surface area (Å²) < 4.78 is 22.2. The first-order valence-electron chi connectivity index (χ1n) is 7.87. The van der Waals surface area contributed by atoms with Gasteiger partial charge in [-0.1, -0.05) is 7.43 Å². The van der Waals surface area contributed by atoms with Crippen molar-refractivity contribution in [3.8, 4) is 11.8 Å². The Bertz CT molecular complexity index is 803. The normalized spacial score (nSPS) is 25.1. The van der Waals surface area contributed by atoms with Gasteiger partial charge in [0.25, 0.3) is 7.82 Å². The number of hydrogen-bond acceptors (Lipinski definition) is 6. The molecule has 3 rings (SSSR count). The van der Waals surface area contributed by atoms with Crippen molar-refractivity contribution >= 4 is 13.7 Å². The number of nitrogens with zero attached hydrogens (tertiary/aromatic N) is 2. The number of fused-ring (bicyclic) bond motifs is 1. The fourth-order valence-corrected chi connectivity index (χ4v) is 4.11. The molecular formula is C17H22N2NaO6P. The average Bonchev–Trinajstić information content (AvgIpc) is 2.92. The molecule has 142 valence electrons. The second-order valence-corrected chi connectivity index (χ2v) is 7.85. The molecule has 0 bridgehead atoms. The van der Waals surface area contributed by atoms with E-state index in [1.807, 2.05) is 6.07 Å². The van der Waals surface area contributed by atoms with Crippen molar-refractivity contribution < 1.29 is 58.0 Å². The van der Waals surface area contributed by atoms with Crippen LogP contribution in [0.15, 0.2) is 18.2 Å². The van der Waals surface area contributed by atoms with Gasteiger partial charge in [0.15, 0.2) is 0 Å². The molecule has 2 aliphatic heterocycles. The van der Waals surface area contributed by atoms with Crippen LogP contribution in [0.4, 0.5) is 0 Å². The maximum absolute atomic E-state index is 12.3. The van der Waals surface area contributed by atoms with Gasteiger partial charge in [0.2, 0.25) is 5.91 Å². The third kappa shape index (κ3) is 4.93. The van der Waals surface area contributed by atoms with E-state index in [-0.39, 0.29) is 42.9 Å². The summed E-state index contributed by atoms with van der Waals surface area (Å²) in [5.41, 5.74) is -0.281. The van der Waals surface area contributed by atoms with E-state index in [0.717, 1.165) is 0 Å². The first-order valence-corrected chi connectivity index (χ1v) is 9.37. The van der Waals surface area contributed by atoms with E-state index < -0.39 is 25.6 Å². The molecule has 27 heavy (non-hydrogen) atoms. The van der Waals surface area contributed by atoms with Crippen LogP contribution in [-0.4, -0.2) is 34.0 Å². The molecule has 0 aromatic heterocycles. The molecular weight excluding hydrogens is 382 g/mol. The Balaban J connectivity index is 0.00000182. The van der Waals surface area contributed by atoms with E-state index in [2.05, 4.69) is 0 Å². The van der Waals surface area contributed by atoms with Gasteiger partial charge in [-0.25, -0.2) is 0 Å². The molecule has 0 aliphatic carbocycles. The van der Waals surface area contributed by atoms with Crippen molar-refractivity contribution in [1.82, 2.24) is 4.90 Å². The Kier molecular flexibility index (Phi) is 7.71. The molecule has 10 heteroatoms. The molecule has 3 atom stereocenters. The molecule has 2 heterocycles. The van der Waals surface area contributed by atoms with Crippen molar-refractivity contribution in [2.75, 3.05) is 6.54 Å². The number of hydrogen-bond donors (Lipinski definition) is 1. The Hall–Kier alpha value is -0.910. The molecule has 1 amide bonds. The number of benzene rings is 1. The predicted octanol–water partition coefficient (Wildman–Crippen LogP) is -1.12. The van der Waals surface area contributed by atoms with E-state index >= 15 is 0 Å². The fraction of sp³-hybridized carbons (Fsp3) is 0.529. The van der Waals surface area contributed by atoms with Crippen LogP contribution < -0.4 is 39.2 Å². The van der Waals surface area contributed by atoms with Gasteiger partial charge in [0.05, 0.1) is 17.7 Å². The third-order valence-electron chi connectivity index (χ3n) is 4.50. The minimum atomic E-state index is -5.08. The number of phosphoric acid groups is 1. The number of carbonyl (C=O) groups is 1. The van der Waals surface area contributed by atoms with E-state index in [9.17, 15) is 19.1 Å². The maximum atomic E-state index is 12.3. The number of rotatable bonds is 3. The summed E-state index contributed by atoms with van der Waals surface area (Å²) in [6, 6.07) is 6.00. The van der Waals surface area contributed by atoms with Gasteiger partial charge in [-0.3, -0.25) is 9.36 Å². The Morgan fingerprint density at radius 3 is 2.67 bits per heavy atom. The number of likely N-dealkylation sites (tertiary alicyclic amines) is 1. The second kappa shape index (κ2) is 8.62. The van der Waals surface area contributed by atoms with Gasteiger partial charge in [0, 0.05) is 18.5 Å². The van der Waals surface area contributed by atoms with Gasteiger partial charge in [-0.05, 0) is 38.5 Å². The fourth-order valence-electron chi connectivity index (χ4n) is 3.45. The van der Waals surface area contributed by atoms with Crippen LogP contribution in [0.2, 0.25) is 0 Å². The molecule has 1 aromatic rings. The van der Waals surface area contributed by atoms with Crippen molar-refractivity contribution in [1.29, 1.82) is 5.26 Å². The molecule has 8 nitrogen and oxygen atoms in total. The van der Waals surface area contributed by atoms with Crippen LogP contribution in [0.3, 0.4) is 0 Å². The molecule has 2 aliphatic rings. The summed E-state index contributed by atoms with van der Waals surface area (Å²) in [6.07, 6.45) is -0.152. The van der Waals surface area contributed by atoms with Crippen LogP contribution in [0.25, 0.3) is 0 Å². The number of carbonyl (C=O) groups excluding carboxylic acids is 1. The van der Waals surface area contributed by atoms with Crippen LogP contribution in [0, 0.1) is 11.3 Å². The zero-order valence-corrected chi connectivity index (χ0v) is 17.7. The SMILES string of the molecule is C.CC1(C)Oc2ccc(C#N)cc2[C@@H](N2CCCC2=O)[C@@H]1OP(=O)([O-])O.[Na+]. The minimum absolute atomic E-state index is 0. The van der Waals surface area contributed by atoms with Crippen molar-refractivity contribution in [3.05, 3.63) is 29.3 Å². The summed E-state index contributed by atoms with van der Waals surface area (Å²) in [5, 5.41) is 9.16. The monoisotopic (exact) mass is 404 g/mol. The Morgan fingerprint density at radius 1 is 1.48 bits per heavy atom. The van der Waals surface area contributed by atoms with Crippen LogP contribution in [0.1, 0.15) is 51.3 Å². The topological polar surface area (TPSA) is 123 Å². The van der Waals surface area contributed by atoms with Crippen molar-refractivity contribution in [2.45, 2.75) is 51.9 Å². The molecule has 1 aromatic carbocycles. The molecule has 1 unspecified atom stereocenters. The summed E-state index contributed by atoms with van der Waals surface area (Å²) in [4.78, 5) is 34.5. The van der Waals surface area contributed by atoms with Crippen LogP contribution in [0.5, 0.6) is 5.75 Å². The van der Waals surface area contributed by atoms with Gasteiger partial charge in [0.1, 0.15) is 17.5 Å². The summed E-state index contributed by atoms with van der Waals surface area (Å²) in [6.45, 7) is 3.69. The number of phosphoric ester groups is 1. The summed E-state index contributed by atoms with van der Waals surface area (Å²) in [7, 11) is -5.08. The molecule has 1 N–H and O–H groups in total. The molecule has 0 saturated carbocycles. The largest absolute Gasteiger partial charge is 1.00 e. The van der Waals surface area contributed by atoms with Crippen molar-refractivity contribution in [3.63, 3.8) is 0 Å². The maximum Gasteiger partial charge on any atom is 1.00 e. The Morgan fingerprint density at radius 2 is 2.15 bits per heavy atom. The van der Waals surface area contributed by atoms with Crippen LogP contribution in [-0.2, 0) is 13.9 Å². The third-order valence-corrected chi connectivity index (χ3v) is 4.99. The number of ether oxygens (including phenoxy) is 1. The van der Waals surface area contributed by atoms with Crippen LogP contribution >= 0.6 is 7.82 Å². The van der Waals surface area contributed by atoms with E-state index in [1.54, 1.807) is 32.0 Å². The Labute approximate surface area is 181 Å². The molecule has 0 radical (unpaired) electrons. The molecule has 1 fully saturated rings. The summed E-state index contributed by atoms with van der Waals surface area (Å²) >= 11 is 0. The second-order valence-electron chi connectivity index (χ2n) is 6.70. The quantitative estimate of drug-likeness (QED) is 0.500. The van der Waals surface area contributed by atoms with Gasteiger partial charge < -0.3 is 23.9 Å². The van der Waals surface area contributed by atoms with E-state index in [4.69, 9.17) is 14.5 Å². The number of nitriles is 1. The summed E-state index contributed by atoms with van der Waals surface area (Å²) in [5.74, 6) is 0.315. The number of amides is 1. The zero-order valence-electron chi connectivity index (χ0n) is 14.8. The average molecular weight is 404 g/mol. The van der Waals surface area contributed by atoms with Crippen molar-refractivity contribution in [2.24, 2.45) is 0 Å². The minimum Gasteiger partial charge on any atom is -0.756 e. The smallest absolute Gasteiger partial charge is 0.756 e. The first-order chi connectivity index (χ1) is 11.6. The standard InChI is InChI=1S/C16H19N2O6P.CH4.Na/c1-16(2)15(24-25(20,21)22)14(18-7-3-4-13(18)19)11-8-10(9-17)5-6-12(11)23-16;;/h5-6,8,14-15H,3-4,7H2,1-2H3,(H2,20,21,22);1H4;/q;;+1/p-1/t14-,15+;;/m1../s1. The van der Waals surface area contributed by atoms with E-state index in [1.165, 1.54) is 4.90 Å².